The van der Waals surface area contributed by atoms with Crippen molar-refractivity contribution < 1.29 is 49.4 Å². The monoisotopic (exact) mass is 560 g/mol. The van der Waals surface area contributed by atoms with Gasteiger partial charge in [-0.2, -0.15) is 27.1 Å². The molecule has 0 bridgehead atoms. The van der Waals surface area contributed by atoms with E-state index in [1.807, 2.05) is 0 Å². The number of anilines is 1. The first-order valence-electron chi connectivity index (χ1n) is 10.9. The average Bonchev–Trinajstić information content (AvgIpc) is 3.30. The smallest absolute Gasteiger partial charge is 0.435 e. The highest BCUT2D eigenvalue weighted by atomic mass is 19.4. The summed E-state index contributed by atoms with van der Waals surface area (Å²) in [5, 5.41) is 7.66. The summed E-state index contributed by atoms with van der Waals surface area (Å²) in [5.74, 6) is -1.46. The molecule has 7 nitrogen and oxygen atoms in total. The number of carbonyl (C=O) groups is 1. The number of ether oxygens (including phenoxy) is 2. The van der Waals surface area contributed by atoms with E-state index in [9.17, 15) is 39.9 Å². The second-order valence-electron chi connectivity index (χ2n) is 7.99. The summed E-state index contributed by atoms with van der Waals surface area (Å²) in [6, 6.07) is 10.7. The Bertz CT molecular complexity index is 1330. The zero-order valence-corrected chi connectivity index (χ0v) is 19.3. The van der Waals surface area contributed by atoms with Gasteiger partial charge in [0.25, 0.3) is 0 Å². The molecular weight excluding hydrogens is 544 g/mol. The van der Waals surface area contributed by atoms with Crippen LogP contribution in [0, 0.1) is 0 Å². The SMILES string of the molecule is O=C(Nc1ccc(OC(F)(F)F)cc1)N1CC(c2ccc(C(F)(F)F)cn2)C(c2ccc(OC(F)F)cc2)=N1. The van der Waals surface area contributed by atoms with E-state index in [4.69, 9.17) is 0 Å². The summed E-state index contributed by atoms with van der Waals surface area (Å²) in [6.45, 7) is -3.22. The maximum atomic E-state index is 13.0. The van der Waals surface area contributed by atoms with E-state index < -0.39 is 42.4 Å². The van der Waals surface area contributed by atoms with Gasteiger partial charge in [0.1, 0.15) is 11.5 Å². The third kappa shape index (κ3) is 7.12. The number of hydrazone groups is 1. The Morgan fingerprint density at radius 2 is 1.56 bits per heavy atom. The van der Waals surface area contributed by atoms with Crippen LogP contribution in [0.5, 0.6) is 11.5 Å². The molecule has 4 rings (SSSR count). The highest BCUT2D eigenvalue weighted by Crippen LogP contribution is 2.33. The lowest BCUT2D eigenvalue weighted by Gasteiger charge is -2.16. The third-order valence-electron chi connectivity index (χ3n) is 5.33. The van der Waals surface area contributed by atoms with Gasteiger partial charge in [0.05, 0.1) is 29.4 Å². The van der Waals surface area contributed by atoms with Crippen molar-refractivity contribution in [2.45, 2.75) is 25.1 Å². The predicted octanol–water partition coefficient (Wildman–Crippen LogP) is 6.64. The molecule has 1 unspecified atom stereocenters. The van der Waals surface area contributed by atoms with Crippen molar-refractivity contribution >= 4 is 17.4 Å². The van der Waals surface area contributed by atoms with Crippen LogP contribution < -0.4 is 14.8 Å². The highest BCUT2D eigenvalue weighted by Gasteiger charge is 2.35. The van der Waals surface area contributed by atoms with Crippen LogP contribution in [-0.4, -0.2) is 41.3 Å². The molecule has 2 aromatic carbocycles. The molecule has 2 amide bonds. The van der Waals surface area contributed by atoms with Crippen molar-refractivity contribution in [3.63, 3.8) is 0 Å². The average molecular weight is 560 g/mol. The number of hydrogen-bond acceptors (Lipinski definition) is 5. The topological polar surface area (TPSA) is 76.0 Å². The molecule has 206 valence electrons. The lowest BCUT2D eigenvalue weighted by molar-refractivity contribution is -0.274. The third-order valence-corrected chi connectivity index (χ3v) is 5.33. The fourth-order valence-corrected chi connectivity index (χ4v) is 3.64. The fourth-order valence-electron chi connectivity index (χ4n) is 3.64. The molecule has 1 aliphatic heterocycles. The number of aromatic nitrogens is 1. The van der Waals surface area contributed by atoms with Gasteiger partial charge < -0.3 is 14.8 Å². The Labute approximate surface area is 214 Å². The highest BCUT2D eigenvalue weighted by molar-refractivity contribution is 6.07. The van der Waals surface area contributed by atoms with Crippen molar-refractivity contribution in [2.24, 2.45) is 5.10 Å². The zero-order chi connectivity index (χ0) is 28.4. The number of hydrogen-bond donors (Lipinski definition) is 1. The van der Waals surface area contributed by atoms with Crippen molar-refractivity contribution in [2.75, 3.05) is 11.9 Å². The second kappa shape index (κ2) is 10.7. The van der Waals surface area contributed by atoms with E-state index in [1.54, 1.807) is 0 Å². The quantitative estimate of drug-likeness (QED) is 0.343. The number of amides is 2. The van der Waals surface area contributed by atoms with E-state index >= 15 is 0 Å². The van der Waals surface area contributed by atoms with Gasteiger partial charge in [-0.1, -0.05) is 0 Å². The molecule has 0 saturated heterocycles. The molecule has 0 spiro atoms. The van der Waals surface area contributed by atoms with Crippen LogP contribution in [-0.2, 0) is 6.18 Å². The summed E-state index contributed by atoms with van der Waals surface area (Å²) < 4.78 is 109. The maximum absolute atomic E-state index is 13.0. The van der Waals surface area contributed by atoms with Gasteiger partial charge in [-0.15, -0.1) is 13.2 Å². The molecule has 0 fully saturated rings. The van der Waals surface area contributed by atoms with E-state index in [-0.39, 0.29) is 29.4 Å². The van der Waals surface area contributed by atoms with Crippen molar-refractivity contribution in [3.8, 4) is 11.5 Å². The summed E-state index contributed by atoms with van der Waals surface area (Å²) >= 11 is 0. The van der Waals surface area contributed by atoms with Crippen LogP contribution >= 0.6 is 0 Å². The Morgan fingerprint density at radius 1 is 0.923 bits per heavy atom. The van der Waals surface area contributed by atoms with Crippen LogP contribution in [0.3, 0.4) is 0 Å². The number of urea groups is 1. The molecule has 0 radical (unpaired) electrons. The zero-order valence-electron chi connectivity index (χ0n) is 19.3. The molecule has 0 saturated carbocycles. The lowest BCUT2D eigenvalue weighted by atomic mass is 9.93. The van der Waals surface area contributed by atoms with Crippen molar-refractivity contribution in [3.05, 3.63) is 83.7 Å². The molecule has 15 heteroatoms. The molecule has 39 heavy (non-hydrogen) atoms. The van der Waals surface area contributed by atoms with Gasteiger partial charge in [0, 0.05) is 11.9 Å². The maximum Gasteiger partial charge on any atom is 0.573 e. The van der Waals surface area contributed by atoms with Crippen LogP contribution in [0.15, 0.2) is 72.0 Å². The first kappa shape index (κ1) is 27.6. The Balaban J connectivity index is 1.58. The number of carbonyl (C=O) groups excluding carboxylic acids is 1. The van der Waals surface area contributed by atoms with Crippen LogP contribution in [0.1, 0.15) is 22.7 Å². The second-order valence-corrected chi connectivity index (χ2v) is 7.99. The Hall–Kier alpha value is -4.43. The standard InChI is InChI=1S/C24H16F8N4O3/c25-21(26)38-16-6-1-13(2-7-16)20-18(19-10-3-14(11-33-19)23(27,28)29)12-36(35-20)22(37)34-15-4-8-17(9-5-15)39-24(30,31)32/h1-11,18,21H,12H2,(H,34,37). The number of alkyl halides is 8. The van der Waals surface area contributed by atoms with Crippen LogP contribution in [0.4, 0.5) is 45.6 Å². The minimum absolute atomic E-state index is 0.107. The number of halogens is 8. The van der Waals surface area contributed by atoms with Crippen molar-refractivity contribution in [1.82, 2.24) is 9.99 Å². The van der Waals surface area contributed by atoms with E-state index in [2.05, 4.69) is 24.9 Å². The first-order valence-corrected chi connectivity index (χ1v) is 10.9. The molecule has 1 aliphatic rings. The molecular formula is C24H16F8N4O3. The van der Waals surface area contributed by atoms with Gasteiger partial charge >= 0.3 is 25.2 Å². The minimum Gasteiger partial charge on any atom is -0.435 e. The van der Waals surface area contributed by atoms with Crippen LogP contribution in [0.2, 0.25) is 0 Å². The van der Waals surface area contributed by atoms with E-state index in [1.165, 1.54) is 24.3 Å². The first-order chi connectivity index (χ1) is 18.3. The summed E-state index contributed by atoms with van der Waals surface area (Å²) in [4.78, 5) is 16.8. The summed E-state index contributed by atoms with van der Waals surface area (Å²) in [7, 11) is 0. The molecule has 1 N–H and O–H groups in total. The molecule has 3 aromatic rings. The normalized spacial score (nSPS) is 15.8. The van der Waals surface area contributed by atoms with E-state index in [0.29, 0.717) is 11.8 Å². The van der Waals surface area contributed by atoms with Gasteiger partial charge in [-0.05, 0) is 66.2 Å². The number of benzene rings is 2. The van der Waals surface area contributed by atoms with Gasteiger partial charge in [-0.25, -0.2) is 9.80 Å². The molecule has 1 atom stereocenters. The molecule has 1 aromatic heterocycles. The molecule has 2 heterocycles. The largest absolute Gasteiger partial charge is 0.573 e. The minimum atomic E-state index is -4.89. The number of nitrogens with one attached hydrogen (secondary N) is 1. The fraction of sp³-hybridized carbons (Fsp3) is 0.208. The summed E-state index contributed by atoms with van der Waals surface area (Å²) in [5.41, 5.74) is -0.166. The number of pyridine rings is 1. The molecule has 0 aliphatic carbocycles. The van der Waals surface area contributed by atoms with Gasteiger partial charge in [-0.3, -0.25) is 4.98 Å². The predicted molar refractivity (Wildman–Crippen MR) is 120 cm³/mol. The number of rotatable bonds is 6. The summed E-state index contributed by atoms with van der Waals surface area (Å²) in [6.07, 6.45) is -8.87. The van der Waals surface area contributed by atoms with Gasteiger partial charge in [0.2, 0.25) is 0 Å². The Morgan fingerprint density at radius 3 is 2.10 bits per heavy atom. The Kier molecular flexibility index (Phi) is 7.60. The van der Waals surface area contributed by atoms with Crippen molar-refractivity contribution in [1.29, 1.82) is 0 Å². The van der Waals surface area contributed by atoms with Gasteiger partial charge in [0.15, 0.2) is 0 Å². The lowest BCUT2D eigenvalue weighted by Crippen LogP contribution is -2.30. The number of nitrogens with zero attached hydrogens (tertiary/aromatic N) is 3. The van der Waals surface area contributed by atoms with E-state index in [0.717, 1.165) is 41.4 Å². The van der Waals surface area contributed by atoms with Crippen LogP contribution in [0.25, 0.3) is 0 Å².